The lowest BCUT2D eigenvalue weighted by atomic mass is 10.1. The first-order chi connectivity index (χ1) is 7.52. The van der Waals surface area contributed by atoms with Crippen molar-refractivity contribution in [2.75, 3.05) is 13.6 Å². The molecule has 1 unspecified atom stereocenters. The van der Waals surface area contributed by atoms with E-state index in [9.17, 15) is 4.39 Å². The van der Waals surface area contributed by atoms with Gasteiger partial charge in [-0.25, -0.2) is 4.39 Å². The van der Waals surface area contributed by atoms with Crippen LogP contribution in [-0.2, 0) is 0 Å². The van der Waals surface area contributed by atoms with Crippen molar-refractivity contribution < 1.29 is 9.13 Å². The Balaban J connectivity index is 2.76. The molecule has 0 aliphatic carbocycles. The van der Waals surface area contributed by atoms with Gasteiger partial charge in [0.25, 0.3) is 0 Å². The Morgan fingerprint density at radius 3 is 2.56 bits per heavy atom. The third-order valence-corrected chi connectivity index (χ3v) is 2.73. The Labute approximate surface area is 104 Å². The molecular weight excluding hydrogens is 273 g/mol. The highest BCUT2D eigenvalue weighted by Gasteiger charge is 2.14. The number of likely N-dealkylation sites (N-methyl/N-ethyl adjacent to an activating group) is 1. The summed E-state index contributed by atoms with van der Waals surface area (Å²) in [5, 5.41) is 3.07. The molecule has 0 saturated heterocycles. The van der Waals surface area contributed by atoms with Crippen molar-refractivity contribution in [3.8, 4) is 5.75 Å². The zero-order valence-electron chi connectivity index (χ0n) is 9.76. The highest BCUT2D eigenvalue weighted by atomic mass is 79.9. The fraction of sp³-hybridized carbons (Fsp3) is 0.500. The number of hydrogen-bond acceptors (Lipinski definition) is 2. The molecule has 0 amide bonds. The second kappa shape index (κ2) is 6.21. The van der Waals surface area contributed by atoms with Gasteiger partial charge in [-0.15, -0.1) is 0 Å². The Morgan fingerprint density at radius 2 is 2.06 bits per heavy atom. The summed E-state index contributed by atoms with van der Waals surface area (Å²) >= 11 is 3.24. The van der Waals surface area contributed by atoms with Crippen LogP contribution in [0, 0.1) is 11.7 Å². The van der Waals surface area contributed by atoms with Crippen LogP contribution in [-0.4, -0.2) is 19.7 Å². The van der Waals surface area contributed by atoms with Crippen molar-refractivity contribution in [3.05, 3.63) is 28.5 Å². The minimum atomic E-state index is -0.295. The first kappa shape index (κ1) is 13.5. The zero-order chi connectivity index (χ0) is 12.1. The molecule has 1 aromatic carbocycles. The molecule has 4 heteroatoms. The third kappa shape index (κ3) is 4.10. The maximum Gasteiger partial charge on any atom is 0.128 e. The van der Waals surface area contributed by atoms with E-state index >= 15 is 0 Å². The summed E-state index contributed by atoms with van der Waals surface area (Å²) in [6.07, 6.45) is 0.0405. The lowest BCUT2D eigenvalue weighted by Gasteiger charge is -2.22. The number of nitrogens with one attached hydrogen (secondary N) is 1. The van der Waals surface area contributed by atoms with Crippen molar-refractivity contribution in [1.29, 1.82) is 0 Å². The van der Waals surface area contributed by atoms with Crippen LogP contribution in [0.4, 0.5) is 4.39 Å². The molecule has 90 valence electrons. The van der Waals surface area contributed by atoms with E-state index in [1.807, 2.05) is 7.05 Å². The molecule has 0 aliphatic heterocycles. The maximum atomic E-state index is 13.1. The van der Waals surface area contributed by atoms with Crippen molar-refractivity contribution in [1.82, 2.24) is 5.32 Å². The standard InChI is InChI=1S/C12H17BrFNO/c1-8(2)12(7-15-3)16-11-5-9(13)4-10(14)6-11/h4-6,8,12,15H,7H2,1-3H3. The molecule has 2 nitrogen and oxygen atoms in total. The minimum Gasteiger partial charge on any atom is -0.489 e. The molecule has 1 aromatic rings. The van der Waals surface area contributed by atoms with E-state index in [4.69, 9.17) is 4.74 Å². The molecule has 16 heavy (non-hydrogen) atoms. The van der Waals surface area contributed by atoms with Crippen LogP contribution < -0.4 is 10.1 Å². The molecule has 0 saturated carbocycles. The van der Waals surface area contributed by atoms with Crippen LogP contribution in [0.1, 0.15) is 13.8 Å². The van der Waals surface area contributed by atoms with Crippen molar-refractivity contribution in [2.45, 2.75) is 20.0 Å². The van der Waals surface area contributed by atoms with E-state index in [0.29, 0.717) is 16.1 Å². The zero-order valence-corrected chi connectivity index (χ0v) is 11.3. The molecule has 0 aromatic heterocycles. The lowest BCUT2D eigenvalue weighted by molar-refractivity contribution is 0.151. The molecule has 0 bridgehead atoms. The first-order valence-corrected chi connectivity index (χ1v) is 6.09. The quantitative estimate of drug-likeness (QED) is 0.899. The van der Waals surface area contributed by atoms with Gasteiger partial charge in [0.05, 0.1) is 0 Å². The summed E-state index contributed by atoms with van der Waals surface area (Å²) in [4.78, 5) is 0. The van der Waals surface area contributed by atoms with Crippen molar-refractivity contribution >= 4 is 15.9 Å². The van der Waals surface area contributed by atoms with E-state index < -0.39 is 0 Å². The van der Waals surface area contributed by atoms with Gasteiger partial charge in [-0.3, -0.25) is 0 Å². The molecule has 0 fully saturated rings. The summed E-state index contributed by atoms with van der Waals surface area (Å²) in [6.45, 7) is 4.90. The number of hydrogen-bond donors (Lipinski definition) is 1. The molecule has 0 aliphatic rings. The largest absolute Gasteiger partial charge is 0.489 e. The van der Waals surface area contributed by atoms with E-state index in [-0.39, 0.29) is 11.9 Å². The van der Waals surface area contributed by atoms with Gasteiger partial charge in [0.1, 0.15) is 17.7 Å². The molecule has 1 atom stereocenters. The average Bonchev–Trinajstić information content (AvgIpc) is 2.15. The van der Waals surface area contributed by atoms with Crippen LogP contribution in [0.2, 0.25) is 0 Å². The number of ether oxygens (including phenoxy) is 1. The van der Waals surface area contributed by atoms with Crippen LogP contribution in [0.15, 0.2) is 22.7 Å². The molecular formula is C12H17BrFNO. The molecule has 1 N–H and O–H groups in total. The Kier molecular flexibility index (Phi) is 5.22. The van der Waals surface area contributed by atoms with E-state index in [1.165, 1.54) is 12.1 Å². The summed E-state index contributed by atoms with van der Waals surface area (Å²) < 4.78 is 19.6. The van der Waals surface area contributed by atoms with Gasteiger partial charge < -0.3 is 10.1 Å². The summed E-state index contributed by atoms with van der Waals surface area (Å²) in [7, 11) is 1.88. The fourth-order valence-electron chi connectivity index (χ4n) is 1.39. The van der Waals surface area contributed by atoms with Crippen molar-refractivity contribution in [3.63, 3.8) is 0 Å². The van der Waals surface area contributed by atoms with E-state index in [0.717, 1.165) is 6.54 Å². The minimum absolute atomic E-state index is 0.0405. The van der Waals surface area contributed by atoms with Crippen molar-refractivity contribution in [2.24, 2.45) is 5.92 Å². The molecule has 1 rings (SSSR count). The molecule has 0 spiro atoms. The van der Waals surface area contributed by atoms with Gasteiger partial charge >= 0.3 is 0 Å². The lowest BCUT2D eigenvalue weighted by Crippen LogP contribution is -2.33. The van der Waals surface area contributed by atoms with Crippen LogP contribution in [0.5, 0.6) is 5.75 Å². The highest BCUT2D eigenvalue weighted by molar-refractivity contribution is 9.10. The van der Waals surface area contributed by atoms with Gasteiger partial charge in [-0.05, 0) is 25.1 Å². The summed E-state index contributed by atoms with van der Waals surface area (Å²) in [5.74, 6) is 0.631. The summed E-state index contributed by atoms with van der Waals surface area (Å²) in [5.41, 5.74) is 0. The average molecular weight is 290 g/mol. The van der Waals surface area contributed by atoms with Gasteiger partial charge in [0.15, 0.2) is 0 Å². The number of benzene rings is 1. The summed E-state index contributed by atoms with van der Waals surface area (Å²) in [6, 6.07) is 4.58. The maximum absolute atomic E-state index is 13.1. The van der Waals surface area contributed by atoms with Crippen LogP contribution >= 0.6 is 15.9 Å². The number of halogens is 2. The molecule has 0 heterocycles. The van der Waals surface area contributed by atoms with Gasteiger partial charge in [0.2, 0.25) is 0 Å². The SMILES string of the molecule is CNCC(Oc1cc(F)cc(Br)c1)C(C)C. The Hall–Kier alpha value is -0.610. The van der Waals surface area contributed by atoms with E-state index in [1.54, 1.807) is 6.07 Å². The predicted octanol–water partition coefficient (Wildman–Crippen LogP) is 3.21. The second-order valence-electron chi connectivity index (χ2n) is 4.06. The van der Waals surface area contributed by atoms with Gasteiger partial charge in [-0.1, -0.05) is 29.8 Å². The van der Waals surface area contributed by atoms with Crippen LogP contribution in [0.3, 0.4) is 0 Å². The smallest absolute Gasteiger partial charge is 0.128 e. The number of rotatable bonds is 5. The Bertz CT molecular complexity index is 324. The fourth-order valence-corrected chi connectivity index (χ4v) is 1.83. The third-order valence-electron chi connectivity index (χ3n) is 2.27. The topological polar surface area (TPSA) is 21.3 Å². The second-order valence-corrected chi connectivity index (χ2v) is 4.98. The Morgan fingerprint density at radius 1 is 1.38 bits per heavy atom. The van der Waals surface area contributed by atoms with Crippen LogP contribution in [0.25, 0.3) is 0 Å². The highest BCUT2D eigenvalue weighted by Crippen LogP contribution is 2.22. The molecule has 0 radical (unpaired) electrons. The van der Waals surface area contributed by atoms with Gasteiger partial charge in [0, 0.05) is 17.1 Å². The van der Waals surface area contributed by atoms with E-state index in [2.05, 4.69) is 35.1 Å². The van der Waals surface area contributed by atoms with Gasteiger partial charge in [-0.2, -0.15) is 0 Å². The monoisotopic (exact) mass is 289 g/mol. The predicted molar refractivity (Wildman–Crippen MR) is 67.3 cm³/mol. The normalized spacial score (nSPS) is 12.9. The first-order valence-electron chi connectivity index (χ1n) is 5.30.